The van der Waals surface area contributed by atoms with E-state index in [4.69, 9.17) is 4.74 Å². The molecule has 40 heavy (non-hydrogen) atoms. The highest BCUT2D eigenvalue weighted by Crippen LogP contribution is 2.23. The molecule has 0 bridgehead atoms. The molecule has 222 valence electrons. The third kappa shape index (κ3) is 11.2. The van der Waals surface area contributed by atoms with Crippen LogP contribution in [0.25, 0.3) is 0 Å². The van der Waals surface area contributed by atoms with Gasteiger partial charge in [0.15, 0.2) is 0 Å². The van der Waals surface area contributed by atoms with Gasteiger partial charge in [-0.2, -0.15) is 4.31 Å². The predicted octanol–water partition coefficient (Wildman–Crippen LogP) is 5.16. The molecule has 2 aromatic carbocycles. The lowest BCUT2D eigenvalue weighted by Crippen LogP contribution is -2.51. The molecule has 0 saturated carbocycles. The minimum Gasteiger partial charge on any atom is -0.450 e. The molecule has 11 heteroatoms. The molecule has 0 spiro atoms. The third-order valence-corrected chi connectivity index (χ3v) is 8.11. The standard InChI is InChI=1S/C29H43N3O7S/c1-22(2)20-31(40(37,38)25-15-13-24(14-16-25)32(35)36)21-27(33)26(19-23-11-7-6-8-12-23)30-28(34)39-18-10-9-17-29(3,4)5/h6-8,11-16,22,26-27,33H,9-10,17-21H2,1-5H3,(H,30,34). The van der Waals surface area contributed by atoms with Gasteiger partial charge in [-0.3, -0.25) is 10.1 Å². The number of unbranched alkanes of at least 4 members (excludes halogenated alkanes) is 1. The van der Waals surface area contributed by atoms with Gasteiger partial charge in [-0.25, -0.2) is 13.2 Å². The average molecular weight is 578 g/mol. The van der Waals surface area contributed by atoms with E-state index in [2.05, 4.69) is 26.1 Å². The number of carbonyl (C=O) groups is 1. The van der Waals surface area contributed by atoms with Crippen molar-refractivity contribution in [2.45, 2.75) is 77.3 Å². The summed E-state index contributed by atoms with van der Waals surface area (Å²) < 4.78 is 33.5. The predicted molar refractivity (Wildman–Crippen MR) is 154 cm³/mol. The first kappa shape index (κ1) is 33.2. The van der Waals surface area contributed by atoms with Gasteiger partial charge in [-0.05, 0) is 54.7 Å². The Morgan fingerprint density at radius 1 is 1.05 bits per heavy atom. The zero-order valence-corrected chi connectivity index (χ0v) is 24.9. The van der Waals surface area contributed by atoms with Crippen LogP contribution < -0.4 is 5.32 Å². The van der Waals surface area contributed by atoms with Crippen molar-refractivity contribution in [1.82, 2.24) is 9.62 Å². The van der Waals surface area contributed by atoms with Gasteiger partial charge in [-0.15, -0.1) is 0 Å². The van der Waals surface area contributed by atoms with Crippen LogP contribution in [-0.2, 0) is 21.2 Å². The van der Waals surface area contributed by atoms with Crippen molar-refractivity contribution in [2.24, 2.45) is 11.3 Å². The Balaban J connectivity index is 2.19. The van der Waals surface area contributed by atoms with Gasteiger partial charge in [0.2, 0.25) is 10.0 Å². The monoisotopic (exact) mass is 577 g/mol. The number of non-ortho nitro benzene ring substituents is 1. The Kier molecular flexibility index (Phi) is 12.5. The van der Waals surface area contributed by atoms with Crippen LogP contribution in [0.4, 0.5) is 10.5 Å². The second-order valence-electron chi connectivity index (χ2n) is 11.6. The number of nitro benzene ring substituents is 1. The van der Waals surface area contributed by atoms with Crippen molar-refractivity contribution >= 4 is 21.8 Å². The number of nitrogens with zero attached hydrogens (tertiary/aromatic N) is 2. The first-order chi connectivity index (χ1) is 18.7. The molecule has 2 aromatic rings. The summed E-state index contributed by atoms with van der Waals surface area (Å²) in [6.45, 7) is 10.2. The molecular weight excluding hydrogens is 534 g/mol. The highest BCUT2D eigenvalue weighted by molar-refractivity contribution is 7.89. The topological polar surface area (TPSA) is 139 Å². The Hall–Kier alpha value is -3.02. The minimum absolute atomic E-state index is 0.0707. The Morgan fingerprint density at radius 2 is 1.68 bits per heavy atom. The van der Waals surface area contributed by atoms with E-state index in [0.717, 1.165) is 34.8 Å². The molecule has 2 unspecified atom stereocenters. The number of aliphatic hydroxyl groups excluding tert-OH is 1. The first-order valence-electron chi connectivity index (χ1n) is 13.6. The summed E-state index contributed by atoms with van der Waals surface area (Å²) >= 11 is 0. The number of hydrogen-bond acceptors (Lipinski definition) is 7. The van der Waals surface area contributed by atoms with Crippen LogP contribution in [0.2, 0.25) is 0 Å². The largest absolute Gasteiger partial charge is 0.450 e. The van der Waals surface area contributed by atoms with Crippen molar-refractivity contribution in [2.75, 3.05) is 19.7 Å². The number of nitro groups is 1. The number of carbonyl (C=O) groups excluding carboxylic acids is 1. The zero-order chi connectivity index (χ0) is 29.9. The van der Waals surface area contributed by atoms with Crippen molar-refractivity contribution in [3.63, 3.8) is 0 Å². The van der Waals surface area contributed by atoms with Gasteiger partial charge in [0.1, 0.15) is 0 Å². The maximum atomic E-state index is 13.5. The van der Waals surface area contributed by atoms with Gasteiger partial charge in [0, 0.05) is 25.2 Å². The maximum Gasteiger partial charge on any atom is 0.407 e. The SMILES string of the molecule is CC(C)CN(CC(O)C(Cc1ccccc1)NC(=O)OCCCCC(C)(C)C)S(=O)(=O)c1ccc([N+](=O)[O-])cc1. The van der Waals surface area contributed by atoms with E-state index in [1.165, 1.54) is 12.1 Å². The number of nitrogens with one attached hydrogen (secondary N) is 1. The summed E-state index contributed by atoms with van der Waals surface area (Å²) in [4.78, 5) is 22.9. The van der Waals surface area contributed by atoms with Crippen LogP contribution in [0.15, 0.2) is 59.5 Å². The smallest absolute Gasteiger partial charge is 0.407 e. The Labute approximate surface area is 237 Å². The van der Waals surface area contributed by atoms with E-state index < -0.39 is 33.2 Å². The normalized spacial score (nSPS) is 13.7. The summed E-state index contributed by atoms with van der Waals surface area (Å²) in [7, 11) is -4.09. The van der Waals surface area contributed by atoms with Crippen LogP contribution in [0.5, 0.6) is 0 Å². The molecule has 0 aromatic heterocycles. The lowest BCUT2D eigenvalue weighted by atomic mass is 9.90. The van der Waals surface area contributed by atoms with Crippen molar-refractivity contribution in [1.29, 1.82) is 0 Å². The molecule has 0 fully saturated rings. The number of alkyl carbamates (subject to hydrolysis) is 1. The first-order valence-corrected chi connectivity index (χ1v) is 15.0. The average Bonchev–Trinajstić information content (AvgIpc) is 2.87. The molecule has 10 nitrogen and oxygen atoms in total. The summed E-state index contributed by atoms with van der Waals surface area (Å²) in [6, 6.07) is 13.1. The fourth-order valence-electron chi connectivity index (χ4n) is 4.17. The fraction of sp³-hybridized carbons (Fsp3) is 0.552. The fourth-order valence-corrected chi connectivity index (χ4v) is 5.79. The number of benzene rings is 2. The van der Waals surface area contributed by atoms with Gasteiger partial charge in [-0.1, -0.05) is 65.0 Å². The van der Waals surface area contributed by atoms with Crippen LogP contribution in [-0.4, -0.2) is 60.7 Å². The third-order valence-electron chi connectivity index (χ3n) is 6.27. The van der Waals surface area contributed by atoms with E-state index in [9.17, 15) is 28.4 Å². The number of hydrogen-bond donors (Lipinski definition) is 2. The minimum atomic E-state index is -4.09. The van der Waals surface area contributed by atoms with Crippen molar-refractivity contribution < 1.29 is 28.0 Å². The van der Waals surface area contributed by atoms with E-state index in [1.807, 2.05) is 44.2 Å². The van der Waals surface area contributed by atoms with Crippen LogP contribution in [0.1, 0.15) is 59.4 Å². The number of sulfonamides is 1. The van der Waals surface area contributed by atoms with Crippen molar-refractivity contribution in [3.05, 3.63) is 70.3 Å². The zero-order valence-electron chi connectivity index (χ0n) is 24.1. The van der Waals surface area contributed by atoms with E-state index in [-0.39, 0.29) is 48.0 Å². The molecule has 2 rings (SSSR count). The van der Waals surface area contributed by atoms with Gasteiger partial charge in [0.25, 0.3) is 5.69 Å². The molecule has 0 saturated heterocycles. The number of ether oxygens (including phenoxy) is 1. The van der Waals surface area contributed by atoms with Gasteiger partial charge in [0.05, 0.1) is 28.6 Å². The molecule has 0 aliphatic rings. The Bertz CT molecular complexity index is 1180. The van der Waals surface area contributed by atoms with E-state index in [0.29, 0.717) is 6.42 Å². The summed E-state index contributed by atoms with van der Waals surface area (Å²) in [5.41, 5.74) is 0.827. The van der Waals surface area contributed by atoms with E-state index >= 15 is 0 Å². The van der Waals surface area contributed by atoms with E-state index in [1.54, 1.807) is 0 Å². The number of amides is 1. The highest BCUT2D eigenvalue weighted by atomic mass is 32.2. The summed E-state index contributed by atoms with van der Waals surface area (Å²) in [5, 5.41) is 25.0. The lowest BCUT2D eigenvalue weighted by molar-refractivity contribution is -0.384. The second-order valence-corrected chi connectivity index (χ2v) is 13.6. The quantitative estimate of drug-likeness (QED) is 0.169. The molecule has 0 aliphatic carbocycles. The maximum absolute atomic E-state index is 13.5. The molecule has 0 heterocycles. The highest BCUT2D eigenvalue weighted by Gasteiger charge is 2.32. The lowest BCUT2D eigenvalue weighted by Gasteiger charge is -2.30. The Morgan fingerprint density at radius 3 is 2.23 bits per heavy atom. The molecule has 1 amide bonds. The summed E-state index contributed by atoms with van der Waals surface area (Å²) in [5.74, 6) is -0.0707. The molecule has 0 radical (unpaired) electrons. The van der Waals surface area contributed by atoms with Crippen molar-refractivity contribution in [3.8, 4) is 0 Å². The van der Waals surface area contributed by atoms with Gasteiger partial charge < -0.3 is 15.2 Å². The number of rotatable bonds is 15. The second kappa shape index (κ2) is 15.1. The van der Waals surface area contributed by atoms with Crippen LogP contribution >= 0.6 is 0 Å². The molecule has 0 aliphatic heterocycles. The van der Waals surface area contributed by atoms with Crippen LogP contribution in [0.3, 0.4) is 0 Å². The summed E-state index contributed by atoms with van der Waals surface area (Å²) in [6.07, 6.45) is 0.949. The molecular formula is C29H43N3O7S. The molecule has 2 atom stereocenters. The molecule has 2 N–H and O–H groups in total. The van der Waals surface area contributed by atoms with Gasteiger partial charge >= 0.3 is 6.09 Å². The van der Waals surface area contributed by atoms with Crippen LogP contribution in [0, 0.1) is 21.4 Å². The number of aliphatic hydroxyl groups is 1.